The number of carbonyl (C=O) groups is 1. The maximum absolute atomic E-state index is 11.6. The molecule has 5 heteroatoms. The molecule has 4 N–H and O–H groups in total. The maximum Gasteiger partial charge on any atom is 0.237 e. The summed E-state index contributed by atoms with van der Waals surface area (Å²) in [5.41, 5.74) is 6.32. The lowest BCUT2D eigenvalue weighted by molar-refractivity contribution is -0.122. The number of methoxy groups -OCH3 is 1. The van der Waals surface area contributed by atoms with Crippen molar-refractivity contribution in [3.63, 3.8) is 0 Å². The van der Waals surface area contributed by atoms with E-state index in [1.165, 1.54) is 0 Å². The van der Waals surface area contributed by atoms with Crippen molar-refractivity contribution < 1.29 is 14.6 Å². The van der Waals surface area contributed by atoms with E-state index in [0.717, 1.165) is 0 Å². The number of hydrogen-bond acceptors (Lipinski definition) is 4. The highest BCUT2D eigenvalue weighted by atomic mass is 16.5. The van der Waals surface area contributed by atoms with Crippen LogP contribution in [0.1, 0.15) is 12.0 Å². The number of rotatable bonds is 6. The van der Waals surface area contributed by atoms with E-state index in [-0.39, 0.29) is 18.2 Å². The Morgan fingerprint density at radius 1 is 1.53 bits per heavy atom. The van der Waals surface area contributed by atoms with Crippen LogP contribution in [0.15, 0.2) is 24.3 Å². The fourth-order valence-corrected chi connectivity index (χ4v) is 1.35. The van der Waals surface area contributed by atoms with Crippen molar-refractivity contribution in [1.29, 1.82) is 0 Å². The molecule has 1 aromatic carbocycles. The zero-order valence-electron chi connectivity index (χ0n) is 9.85. The van der Waals surface area contributed by atoms with Gasteiger partial charge in [-0.15, -0.1) is 0 Å². The molecule has 0 saturated carbocycles. The molecular weight excluding hydrogens is 220 g/mol. The number of ether oxygens (including phenoxy) is 1. The zero-order chi connectivity index (χ0) is 12.7. The number of hydrogen-bond donors (Lipinski definition) is 3. The Morgan fingerprint density at radius 3 is 2.88 bits per heavy atom. The number of nitrogens with two attached hydrogens (primary N) is 1. The van der Waals surface area contributed by atoms with Crippen LogP contribution in [0.5, 0.6) is 5.75 Å². The van der Waals surface area contributed by atoms with E-state index in [4.69, 9.17) is 10.5 Å². The first-order chi connectivity index (χ1) is 8.15. The number of nitrogens with one attached hydrogen (secondary N) is 1. The molecule has 0 bridgehead atoms. The van der Waals surface area contributed by atoms with Crippen molar-refractivity contribution in [3.8, 4) is 5.75 Å². The molecule has 1 rings (SSSR count). The minimum atomic E-state index is -0.583. The molecule has 0 saturated heterocycles. The zero-order valence-corrected chi connectivity index (χ0v) is 9.85. The Bertz CT molecular complexity index is 369. The molecule has 1 amide bonds. The van der Waals surface area contributed by atoms with Crippen LogP contribution < -0.4 is 11.1 Å². The van der Waals surface area contributed by atoms with E-state index in [1.54, 1.807) is 31.4 Å². The second-order valence-electron chi connectivity index (χ2n) is 3.73. The van der Waals surface area contributed by atoms with Gasteiger partial charge in [-0.2, -0.15) is 0 Å². The fourth-order valence-electron chi connectivity index (χ4n) is 1.35. The van der Waals surface area contributed by atoms with Crippen LogP contribution in [0.25, 0.3) is 0 Å². The highest BCUT2D eigenvalue weighted by Crippen LogP contribution is 2.14. The molecule has 0 aliphatic carbocycles. The normalized spacial score (nSPS) is 12.1. The van der Waals surface area contributed by atoms with Crippen molar-refractivity contribution in [2.24, 2.45) is 5.73 Å². The van der Waals surface area contributed by atoms with Gasteiger partial charge in [-0.25, -0.2) is 0 Å². The van der Waals surface area contributed by atoms with Crippen molar-refractivity contribution in [2.45, 2.75) is 19.0 Å². The number of para-hydroxylation sites is 1. The summed E-state index contributed by atoms with van der Waals surface area (Å²) in [5, 5.41) is 12.2. The second kappa shape index (κ2) is 6.88. The van der Waals surface area contributed by atoms with Crippen LogP contribution >= 0.6 is 0 Å². The summed E-state index contributed by atoms with van der Waals surface area (Å²) in [5.74, 6) is -0.0800. The predicted molar refractivity (Wildman–Crippen MR) is 64.4 cm³/mol. The van der Waals surface area contributed by atoms with Gasteiger partial charge in [0.15, 0.2) is 0 Å². The molecule has 0 radical (unpaired) electrons. The van der Waals surface area contributed by atoms with E-state index in [1.807, 2.05) is 0 Å². The lowest BCUT2D eigenvalue weighted by atomic mass is 10.2. The molecule has 0 aromatic heterocycles. The molecule has 0 spiro atoms. The van der Waals surface area contributed by atoms with E-state index < -0.39 is 6.04 Å². The largest absolute Gasteiger partial charge is 0.508 e. The van der Waals surface area contributed by atoms with Gasteiger partial charge in [0.1, 0.15) is 5.75 Å². The highest BCUT2D eigenvalue weighted by molar-refractivity contribution is 5.81. The first kappa shape index (κ1) is 13.5. The van der Waals surface area contributed by atoms with E-state index in [0.29, 0.717) is 18.6 Å². The highest BCUT2D eigenvalue weighted by Gasteiger charge is 2.12. The summed E-state index contributed by atoms with van der Waals surface area (Å²) >= 11 is 0. The lowest BCUT2D eigenvalue weighted by Crippen LogP contribution is -2.40. The van der Waals surface area contributed by atoms with Crippen LogP contribution in [-0.4, -0.2) is 30.8 Å². The first-order valence-corrected chi connectivity index (χ1v) is 5.44. The number of aromatic hydroxyl groups is 1. The van der Waals surface area contributed by atoms with Crippen molar-refractivity contribution in [3.05, 3.63) is 29.8 Å². The smallest absolute Gasteiger partial charge is 0.237 e. The van der Waals surface area contributed by atoms with Crippen LogP contribution in [-0.2, 0) is 16.1 Å². The first-order valence-electron chi connectivity index (χ1n) is 5.44. The minimum absolute atomic E-state index is 0.165. The standard InChI is InChI=1S/C12H18N2O3/c1-17-7-6-10(13)12(16)14-8-9-4-2-3-5-11(9)15/h2-5,10,15H,6-8,13H2,1H3,(H,14,16). The molecule has 0 aliphatic rings. The molecule has 1 atom stereocenters. The number of phenolic OH excluding ortho intramolecular Hbond substituents is 1. The Morgan fingerprint density at radius 2 is 2.24 bits per heavy atom. The Labute approximate surface area is 101 Å². The van der Waals surface area contributed by atoms with Gasteiger partial charge < -0.3 is 20.9 Å². The third-order valence-corrected chi connectivity index (χ3v) is 2.41. The minimum Gasteiger partial charge on any atom is -0.508 e. The van der Waals surface area contributed by atoms with E-state index >= 15 is 0 Å². The summed E-state index contributed by atoms with van der Waals surface area (Å²) in [7, 11) is 1.56. The van der Waals surface area contributed by atoms with Crippen LogP contribution in [0.4, 0.5) is 0 Å². The Balaban J connectivity index is 2.40. The molecular formula is C12H18N2O3. The SMILES string of the molecule is COCCC(N)C(=O)NCc1ccccc1O. The molecule has 0 heterocycles. The summed E-state index contributed by atoms with van der Waals surface area (Å²) in [4.78, 5) is 11.6. The fraction of sp³-hybridized carbons (Fsp3) is 0.417. The van der Waals surface area contributed by atoms with Crippen molar-refractivity contribution >= 4 is 5.91 Å². The third kappa shape index (κ3) is 4.42. The second-order valence-corrected chi connectivity index (χ2v) is 3.73. The monoisotopic (exact) mass is 238 g/mol. The summed E-state index contributed by atoms with van der Waals surface area (Å²) < 4.78 is 4.84. The van der Waals surface area contributed by atoms with Crippen molar-refractivity contribution in [2.75, 3.05) is 13.7 Å². The van der Waals surface area contributed by atoms with Gasteiger partial charge in [0.2, 0.25) is 5.91 Å². The maximum atomic E-state index is 11.6. The lowest BCUT2D eigenvalue weighted by Gasteiger charge is -2.12. The predicted octanol–water partition coefficient (Wildman–Crippen LogP) is 0.372. The summed E-state index contributed by atoms with van der Waals surface area (Å²) in [6, 6.07) is 6.26. The molecule has 5 nitrogen and oxygen atoms in total. The average Bonchev–Trinajstić information content (AvgIpc) is 2.34. The van der Waals surface area contributed by atoms with Gasteiger partial charge >= 0.3 is 0 Å². The molecule has 1 unspecified atom stereocenters. The van der Waals surface area contributed by atoms with Crippen LogP contribution in [0, 0.1) is 0 Å². The summed E-state index contributed by atoms with van der Waals surface area (Å²) in [6.07, 6.45) is 0.475. The topological polar surface area (TPSA) is 84.6 Å². The van der Waals surface area contributed by atoms with Gasteiger partial charge in [0.25, 0.3) is 0 Å². The number of amides is 1. The Kier molecular flexibility index (Phi) is 5.45. The summed E-state index contributed by atoms with van der Waals surface area (Å²) in [6.45, 7) is 0.720. The molecule has 94 valence electrons. The average molecular weight is 238 g/mol. The van der Waals surface area contributed by atoms with Gasteiger partial charge in [0.05, 0.1) is 6.04 Å². The third-order valence-electron chi connectivity index (χ3n) is 2.41. The molecule has 17 heavy (non-hydrogen) atoms. The molecule has 1 aromatic rings. The van der Waals surface area contributed by atoms with Gasteiger partial charge in [-0.3, -0.25) is 4.79 Å². The van der Waals surface area contributed by atoms with Gasteiger partial charge in [-0.05, 0) is 12.5 Å². The Hall–Kier alpha value is -1.59. The van der Waals surface area contributed by atoms with E-state index in [2.05, 4.69) is 5.32 Å². The molecule has 0 fully saturated rings. The van der Waals surface area contributed by atoms with Gasteiger partial charge in [-0.1, -0.05) is 18.2 Å². The number of benzene rings is 1. The number of carbonyl (C=O) groups excluding carboxylic acids is 1. The van der Waals surface area contributed by atoms with Crippen LogP contribution in [0.2, 0.25) is 0 Å². The van der Waals surface area contributed by atoms with E-state index in [9.17, 15) is 9.90 Å². The quantitative estimate of drug-likeness (QED) is 0.668. The number of phenols is 1. The van der Waals surface area contributed by atoms with Crippen molar-refractivity contribution in [1.82, 2.24) is 5.32 Å². The molecule has 0 aliphatic heterocycles. The van der Waals surface area contributed by atoms with Gasteiger partial charge in [0, 0.05) is 25.8 Å². The van der Waals surface area contributed by atoms with Crippen LogP contribution in [0.3, 0.4) is 0 Å².